The first-order valence-electron chi connectivity index (χ1n) is 3.59. The molecule has 0 saturated heterocycles. The van der Waals surface area contributed by atoms with Crippen LogP contribution in [0.15, 0.2) is 18.2 Å². The molecule has 0 heterocycles. The molecule has 0 spiro atoms. The summed E-state index contributed by atoms with van der Waals surface area (Å²) in [5.74, 6) is -1.69. The van der Waals surface area contributed by atoms with Crippen LogP contribution in [0.2, 0.25) is 0 Å². The molecule has 0 saturated carbocycles. The highest BCUT2D eigenvalue weighted by Crippen LogP contribution is 2.23. The second kappa shape index (κ2) is 3.75. The van der Waals surface area contributed by atoms with Crippen molar-refractivity contribution in [2.24, 2.45) is 5.73 Å². The van der Waals surface area contributed by atoms with E-state index in [1.165, 1.54) is 0 Å². The zero-order chi connectivity index (χ0) is 11.6. The number of hydrogen-bond acceptors (Lipinski definition) is 5. The molecule has 1 amide bonds. The summed E-state index contributed by atoms with van der Waals surface area (Å²) >= 11 is 0. The SMILES string of the molecule is NC(=O)c1cc(OS(=O)(=O)O)ccc1O. The zero-order valence-electron chi connectivity index (χ0n) is 7.25. The normalized spacial score (nSPS) is 11.0. The number of phenols is 1. The van der Waals surface area contributed by atoms with E-state index < -0.39 is 22.1 Å². The average Bonchev–Trinajstić information content (AvgIpc) is 2.05. The second-order valence-electron chi connectivity index (χ2n) is 2.55. The molecule has 1 aromatic carbocycles. The number of rotatable bonds is 3. The van der Waals surface area contributed by atoms with Gasteiger partial charge in [0, 0.05) is 0 Å². The van der Waals surface area contributed by atoms with Gasteiger partial charge in [0.05, 0.1) is 5.56 Å². The number of hydrogen-bond donors (Lipinski definition) is 3. The van der Waals surface area contributed by atoms with Crippen molar-refractivity contribution in [3.8, 4) is 11.5 Å². The summed E-state index contributed by atoms with van der Waals surface area (Å²) in [6.45, 7) is 0. The van der Waals surface area contributed by atoms with Crippen LogP contribution >= 0.6 is 0 Å². The lowest BCUT2D eigenvalue weighted by Crippen LogP contribution is -2.12. The molecule has 15 heavy (non-hydrogen) atoms. The Morgan fingerprint density at radius 3 is 2.47 bits per heavy atom. The van der Waals surface area contributed by atoms with Gasteiger partial charge in [0.1, 0.15) is 11.5 Å². The maximum atomic E-state index is 10.7. The molecule has 1 rings (SSSR count). The fourth-order valence-electron chi connectivity index (χ4n) is 0.886. The summed E-state index contributed by atoms with van der Waals surface area (Å²) in [7, 11) is -4.67. The van der Waals surface area contributed by atoms with E-state index in [9.17, 15) is 13.2 Å². The van der Waals surface area contributed by atoms with Crippen LogP contribution in [0.1, 0.15) is 10.4 Å². The van der Waals surface area contributed by atoms with Crippen molar-refractivity contribution in [1.82, 2.24) is 0 Å². The Kier molecular flexibility index (Phi) is 2.82. The van der Waals surface area contributed by atoms with Crippen LogP contribution in [0.25, 0.3) is 0 Å². The third-order valence-corrected chi connectivity index (χ3v) is 1.84. The van der Waals surface area contributed by atoms with Gasteiger partial charge < -0.3 is 15.0 Å². The van der Waals surface area contributed by atoms with Crippen molar-refractivity contribution in [2.75, 3.05) is 0 Å². The van der Waals surface area contributed by atoms with Crippen LogP contribution in [0.3, 0.4) is 0 Å². The quantitative estimate of drug-likeness (QED) is 0.613. The fraction of sp³-hybridized carbons (Fsp3) is 0. The van der Waals surface area contributed by atoms with Crippen LogP contribution in [0.4, 0.5) is 0 Å². The van der Waals surface area contributed by atoms with Gasteiger partial charge in [-0.2, -0.15) is 8.42 Å². The molecule has 0 aromatic heterocycles. The monoisotopic (exact) mass is 233 g/mol. The molecule has 0 fully saturated rings. The van der Waals surface area contributed by atoms with E-state index in [0.717, 1.165) is 18.2 Å². The molecule has 0 atom stereocenters. The first-order valence-corrected chi connectivity index (χ1v) is 4.96. The lowest BCUT2D eigenvalue weighted by molar-refractivity contribution is 0.0997. The molecule has 82 valence electrons. The topological polar surface area (TPSA) is 127 Å². The minimum Gasteiger partial charge on any atom is -0.507 e. The van der Waals surface area contributed by atoms with E-state index in [-0.39, 0.29) is 11.3 Å². The standard InChI is InChI=1S/C7H7NO6S/c8-7(10)5-3-4(1-2-6(5)9)14-15(11,12)13/h1-3,9H,(H2,8,10)(H,11,12,13). The number of primary amides is 1. The minimum atomic E-state index is -4.67. The second-order valence-corrected chi connectivity index (χ2v) is 3.58. The van der Waals surface area contributed by atoms with Gasteiger partial charge >= 0.3 is 10.4 Å². The van der Waals surface area contributed by atoms with Gasteiger partial charge in [0.15, 0.2) is 0 Å². The molecule has 8 heteroatoms. The predicted molar refractivity (Wildman–Crippen MR) is 48.8 cm³/mol. The third kappa shape index (κ3) is 3.11. The van der Waals surface area contributed by atoms with Gasteiger partial charge in [-0.05, 0) is 18.2 Å². The molecule has 0 aliphatic rings. The Bertz CT molecular complexity index is 494. The molecular formula is C7H7NO6S. The van der Waals surface area contributed by atoms with Gasteiger partial charge in [-0.3, -0.25) is 9.35 Å². The van der Waals surface area contributed by atoms with Crippen molar-refractivity contribution in [2.45, 2.75) is 0 Å². The lowest BCUT2D eigenvalue weighted by atomic mass is 10.2. The van der Waals surface area contributed by atoms with E-state index in [2.05, 4.69) is 4.18 Å². The van der Waals surface area contributed by atoms with Crippen LogP contribution in [-0.2, 0) is 10.4 Å². The van der Waals surface area contributed by atoms with E-state index in [0.29, 0.717) is 0 Å². The third-order valence-electron chi connectivity index (χ3n) is 1.44. The van der Waals surface area contributed by atoms with Crippen molar-refractivity contribution in [1.29, 1.82) is 0 Å². The Hall–Kier alpha value is -1.80. The lowest BCUT2D eigenvalue weighted by Gasteiger charge is -2.04. The van der Waals surface area contributed by atoms with E-state index >= 15 is 0 Å². The number of amides is 1. The van der Waals surface area contributed by atoms with Crippen LogP contribution in [0.5, 0.6) is 11.5 Å². The molecule has 0 unspecified atom stereocenters. The Balaban J connectivity index is 3.14. The predicted octanol–water partition coefficient (Wildman–Crippen LogP) is -0.327. The number of benzene rings is 1. The highest BCUT2D eigenvalue weighted by molar-refractivity contribution is 7.81. The summed E-state index contributed by atoms with van der Waals surface area (Å²) in [4.78, 5) is 10.7. The van der Waals surface area contributed by atoms with Gasteiger partial charge in [-0.1, -0.05) is 0 Å². The van der Waals surface area contributed by atoms with Crippen LogP contribution in [-0.4, -0.2) is 24.0 Å². The Morgan fingerprint density at radius 2 is 2.00 bits per heavy atom. The molecule has 0 aliphatic heterocycles. The number of nitrogens with two attached hydrogens (primary N) is 1. The summed E-state index contributed by atoms with van der Waals surface area (Å²) < 4.78 is 33.0. The Morgan fingerprint density at radius 1 is 1.40 bits per heavy atom. The number of carbonyl (C=O) groups is 1. The van der Waals surface area contributed by atoms with Crippen molar-refractivity contribution in [3.05, 3.63) is 23.8 Å². The summed E-state index contributed by atoms with van der Waals surface area (Å²) in [5.41, 5.74) is 4.57. The molecular weight excluding hydrogens is 226 g/mol. The van der Waals surface area contributed by atoms with E-state index in [1.54, 1.807) is 0 Å². The average molecular weight is 233 g/mol. The van der Waals surface area contributed by atoms with Crippen LogP contribution in [0, 0.1) is 0 Å². The number of carbonyl (C=O) groups excluding carboxylic acids is 1. The largest absolute Gasteiger partial charge is 0.507 e. The molecule has 1 aromatic rings. The van der Waals surface area contributed by atoms with E-state index in [1.807, 2.05) is 0 Å². The van der Waals surface area contributed by atoms with Crippen molar-refractivity contribution < 1.29 is 27.1 Å². The van der Waals surface area contributed by atoms with E-state index in [4.69, 9.17) is 15.4 Å². The van der Waals surface area contributed by atoms with Gasteiger partial charge in [0.2, 0.25) is 0 Å². The molecule has 4 N–H and O–H groups in total. The maximum Gasteiger partial charge on any atom is 0.446 e. The van der Waals surface area contributed by atoms with Gasteiger partial charge in [-0.25, -0.2) is 0 Å². The molecule has 0 bridgehead atoms. The zero-order valence-corrected chi connectivity index (χ0v) is 8.06. The maximum absolute atomic E-state index is 10.7. The van der Waals surface area contributed by atoms with Gasteiger partial charge in [0.25, 0.3) is 5.91 Å². The smallest absolute Gasteiger partial charge is 0.446 e. The minimum absolute atomic E-state index is 0.309. The summed E-state index contributed by atoms with van der Waals surface area (Å²) in [6, 6.07) is 2.96. The highest BCUT2D eigenvalue weighted by atomic mass is 32.3. The molecule has 0 aliphatic carbocycles. The number of aromatic hydroxyl groups is 1. The fourth-order valence-corrected chi connectivity index (χ4v) is 1.23. The van der Waals surface area contributed by atoms with Crippen molar-refractivity contribution in [3.63, 3.8) is 0 Å². The summed E-state index contributed by atoms with van der Waals surface area (Å²) in [6.07, 6.45) is 0. The highest BCUT2D eigenvalue weighted by Gasteiger charge is 2.12. The summed E-state index contributed by atoms with van der Waals surface area (Å²) in [5, 5.41) is 9.14. The molecule has 0 radical (unpaired) electrons. The first-order chi connectivity index (χ1) is 6.79. The van der Waals surface area contributed by atoms with Crippen LogP contribution < -0.4 is 9.92 Å². The molecule has 7 nitrogen and oxygen atoms in total. The first kappa shape index (κ1) is 11.3. The Labute approximate surface area is 85.0 Å². The van der Waals surface area contributed by atoms with Gasteiger partial charge in [-0.15, -0.1) is 0 Å². The van der Waals surface area contributed by atoms with Crippen molar-refractivity contribution >= 4 is 16.3 Å².